The first-order valence-corrected chi connectivity index (χ1v) is 8.47. The maximum Gasteiger partial charge on any atom is 0.416 e. The molecule has 0 radical (unpaired) electrons. The molecule has 0 saturated carbocycles. The van der Waals surface area contributed by atoms with Gasteiger partial charge in [0.2, 0.25) is 6.04 Å². The fourth-order valence-electron chi connectivity index (χ4n) is 2.42. The summed E-state index contributed by atoms with van der Waals surface area (Å²) in [6.07, 6.45) is -7.39. The minimum Gasteiger partial charge on any atom is -0.451 e. The van der Waals surface area contributed by atoms with Gasteiger partial charge in [0, 0.05) is 6.42 Å². The molecule has 0 aliphatic heterocycles. The summed E-state index contributed by atoms with van der Waals surface area (Å²) >= 11 is 0. The lowest BCUT2D eigenvalue weighted by Gasteiger charge is -2.16. The highest BCUT2D eigenvalue weighted by atomic mass is 19.4. The van der Waals surface area contributed by atoms with Crippen molar-refractivity contribution in [2.24, 2.45) is 5.18 Å². The predicted octanol–water partition coefficient (Wildman–Crippen LogP) is 5.14. The highest BCUT2D eigenvalue weighted by Gasteiger charge is 2.38. The molecule has 0 saturated heterocycles. The zero-order valence-electron chi connectivity index (χ0n) is 15.6. The molecule has 0 aliphatic carbocycles. The van der Waals surface area contributed by atoms with Crippen LogP contribution in [0.5, 0.6) is 11.5 Å². The third-order valence-corrected chi connectivity index (χ3v) is 3.88. The number of carbonyl (C=O) groups excluding carboxylic acids is 1. The van der Waals surface area contributed by atoms with Gasteiger partial charge in [0.1, 0.15) is 5.75 Å². The smallest absolute Gasteiger partial charge is 0.416 e. The predicted molar refractivity (Wildman–Crippen MR) is 93.6 cm³/mol. The maximum absolute atomic E-state index is 14.0. The van der Waals surface area contributed by atoms with Crippen molar-refractivity contribution in [2.75, 3.05) is 0 Å². The number of ether oxygens (including phenoxy) is 2. The van der Waals surface area contributed by atoms with Gasteiger partial charge in [0.05, 0.1) is 10.5 Å². The van der Waals surface area contributed by atoms with Crippen molar-refractivity contribution in [3.05, 3.63) is 74.2 Å². The second-order valence-corrected chi connectivity index (χ2v) is 6.01. The highest BCUT2D eigenvalue weighted by Crippen LogP contribution is 2.36. The van der Waals surface area contributed by atoms with Crippen LogP contribution in [-0.2, 0) is 15.7 Å². The number of hydrogen-bond donors (Lipinski definition) is 0. The van der Waals surface area contributed by atoms with E-state index in [1.54, 1.807) is 0 Å². The van der Waals surface area contributed by atoms with E-state index in [9.17, 15) is 41.8 Å². The summed E-state index contributed by atoms with van der Waals surface area (Å²) in [6, 6.07) is 2.66. The monoisotopic (exact) mass is 448 g/mol. The largest absolute Gasteiger partial charge is 0.451 e. The van der Waals surface area contributed by atoms with E-state index in [4.69, 9.17) is 4.74 Å². The summed E-state index contributed by atoms with van der Waals surface area (Å²) in [4.78, 5) is 32.8. The summed E-state index contributed by atoms with van der Waals surface area (Å²) in [7, 11) is 0. The molecule has 13 heteroatoms. The first-order chi connectivity index (χ1) is 14.5. The molecule has 0 spiro atoms. The fourth-order valence-corrected chi connectivity index (χ4v) is 2.42. The molecule has 0 bridgehead atoms. The van der Waals surface area contributed by atoms with Gasteiger partial charge in [0.25, 0.3) is 0 Å². The fraction of sp³-hybridized carbons (Fsp3) is 0.278. The zero-order chi connectivity index (χ0) is 23.3. The third kappa shape index (κ3) is 5.71. The van der Waals surface area contributed by atoms with Gasteiger partial charge in [-0.1, -0.05) is 19.1 Å². The van der Waals surface area contributed by atoms with Crippen LogP contribution in [0.1, 0.15) is 30.5 Å². The van der Waals surface area contributed by atoms with E-state index in [0.717, 1.165) is 12.1 Å². The molecular weight excluding hydrogens is 435 g/mol. The molecule has 2 aromatic carbocycles. The van der Waals surface area contributed by atoms with Crippen molar-refractivity contribution < 1.29 is 41.1 Å². The quantitative estimate of drug-likeness (QED) is 0.138. The maximum atomic E-state index is 14.0. The number of nitroso groups, excluding NO2 is 1. The average Bonchev–Trinajstić information content (AvgIpc) is 2.69. The topological polar surface area (TPSA) is 108 Å². The van der Waals surface area contributed by atoms with E-state index >= 15 is 0 Å². The van der Waals surface area contributed by atoms with Crippen LogP contribution < -0.4 is 4.74 Å². The normalized spacial score (nSPS) is 13.2. The second-order valence-electron chi connectivity index (χ2n) is 6.01. The van der Waals surface area contributed by atoms with Crippen LogP contribution in [0, 0.1) is 26.7 Å². The van der Waals surface area contributed by atoms with Crippen LogP contribution in [0.15, 0.2) is 41.6 Å². The lowest BCUT2D eigenvalue weighted by molar-refractivity contribution is -0.572. The highest BCUT2D eigenvalue weighted by molar-refractivity contribution is 5.69. The number of alkyl halides is 3. The Morgan fingerprint density at radius 3 is 2.29 bits per heavy atom. The molecule has 0 N–H and O–H groups in total. The minimum atomic E-state index is -4.99. The SMILES string of the molecule is CCC(=O)OC(C(N=O)c1cccc(Oc2c(F)cc(C(F)(F)F)cc2F)c1)[N+](=O)[O-]. The molecule has 2 aromatic rings. The molecule has 0 fully saturated rings. The number of carbonyl (C=O) groups is 1. The van der Waals surface area contributed by atoms with Gasteiger partial charge in [-0.25, -0.2) is 8.78 Å². The Hall–Kier alpha value is -3.64. The Morgan fingerprint density at radius 2 is 1.81 bits per heavy atom. The molecule has 166 valence electrons. The molecule has 0 heterocycles. The molecule has 2 unspecified atom stereocenters. The lowest BCUT2D eigenvalue weighted by atomic mass is 10.1. The van der Waals surface area contributed by atoms with Crippen LogP contribution >= 0.6 is 0 Å². The van der Waals surface area contributed by atoms with Crippen LogP contribution in [0.4, 0.5) is 22.0 Å². The van der Waals surface area contributed by atoms with Crippen LogP contribution in [0.2, 0.25) is 0 Å². The van der Waals surface area contributed by atoms with Crippen molar-refractivity contribution >= 4 is 5.97 Å². The van der Waals surface area contributed by atoms with Crippen molar-refractivity contribution in [1.29, 1.82) is 0 Å². The second kappa shape index (κ2) is 9.45. The number of rotatable bonds is 8. The van der Waals surface area contributed by atoms with Gasteiger partial charge in [-0.15, -0.1) is 4.91 Å². The Kier molecular flexibility index (Phi) is 7.20. The van der Waals surface area contributed by atoms with Crippen molar-refractivity contribution in [2.45, 2.75) is 31.8 Å². The number of esters is 1. The minimum absolute atomic E-state index is 0.0328. The molecule has 2 rings (SSSR count). The standard InChI is InChI=1S/C18H13F5N2O6/c1-2-14(26)31-17(25(28)29)15(24-27)9-4-3-5-11(6-9)30-16-12(19)7-10(8-13(16)20)18(21,22)23/h3-8,15,17H,2H2,1H3. The van der Waals surface area contributed by atoms with E-state index in [-0.39, 0.29) is 29.9 Å². The molecule has 2 atom stereocenters. The molecule has 0 amide bonds. The number of nitro groups is 1. The van der Waals surface area contributed by atoms with Crippen LogP contribution in [-0.4, -0.2) is 17.1 Å². The van der Waals surface area contributed by atoms with Gasteiger partial charge >= 0.3 is 18.4 Å². The summed E-state index contributed by atoms with van der Waals surface area (Å²) in [5.74, 6) is -5.81. The lowest BCUT2D eigenvalue weighted by Crippen LogP contribution is -2.31. The Balaban J connectivity index is 2.38. The Morgan fingerprint density at radius 1 is 1.19 bits per heavy atom. The Bertz CT molecular complexity index is 975. The average molecular weight is 448 g/mol. The first kappa shape index (κ1) is 23.6. The Labute approximate surface area is 170 Å². The molecule has 31 heavy (non-hydrogen) atoms. The number of halogens is 5. The number of hydrogen-bond acceptors (Lipinski definition) is 7. The zero-order valence-corrected chi connectivity index (χ0v) is 15.6. The number of nitrogens with zero attached hydrogens (tertiary/aromatic N) is 2. The summed E-state index contributed by atoms with van der Waals surface area (Å²) in [6.45, 7) is 1.37. The van der Waals surface area contributed by atoms with E-state index in [0.29, 0.717) is 0 Å². The van der Waals surface area contributed by atoms with E-state index in [1.807, 2.05) is 0 Å². The van der Waals surface area contributed by atoms with Crippen molar-refractivity contribution in [3.63, 3.8) is 0 Å². The van der Waals surface area contributed by atoms with E-state index < -0.39 is 52.3 Å². The summed E-state index contributed by atoms with van der Waals surface area (Å²) in [5, 5.41) is 13.8. The molecule has 8 nitrogen and oxygen atoms in total. The van der Waals surface area contributed by atoms with Gasteiger partial charge in [-0.3, -0.25) is 14.9 Å². The van der Waals surface area contributed by atoms with E-state index in [1.165, 1.54) is 19.1 Å². The van der Waals surface area contributed by atoms with Gasteiger partial charge in [0.15, 0.2) is 17.4 Å². The molecule has 0 aromatic heterocycles. The number of benzene rings is 2. The molecular formula is C18H13F5N2O6. The summed E-state index contributed by atoms with van der Waals surface area (Å²) < 4.78 is 75.5. The summed E-state index contributed by atoms with van der Waals surface area (Å²) in [5.41, 5.74) is -1.77. The van der Waals surface area contributed by atoms with Gasteiger partial charge in [-0.2, -0.15) is 13.2 Å². The van der Waals surface area contributed by atoms with Gasteiger partial charge in [-0.05, 0) is 35.0 Å². The third-order valence-electron chi connectivity index (χ3n) is 3.88. The van der Waals surface area contributed by atoms with Crippen molar-refractivity contribution in [1.82, 2.24) is 0 Å². The van der Waals surface area contributed by atoms with Crippen molar-refractivity contribution in [3.8, 4) is 11.5 Å². The van der Waals surface area contributed by atoms with Crippen LogP contribution in [0.25, 0.3) is 0 Å². The van der Waals surface area contributed by atoms with E-state index in [2.05, 4.69) is 9.91 Å². The molecule has 0 aliphatic rings. The van der Waals surface area contributed by atoms with Gasteiger partial charge < -0.3 is 9.47 Å². The first-order valence-electron chi connectivity index (χ1n) is 8.47. The van der Waals surface area contributed by atoms with Crippen LogP contribution in [0.3, 0.4) is 0 Å².